The van der Waals surface area contributed by atoms with E-state index in [1.54, 1.807) is 30.6 Å². The summed E-state index contributed by atoms with van der Waals surface area (Å²) in [6.07, 6.45) is 9.24. The van der Waals surface area contributed by atoms with Crippen LogP contribution >= 0.6 is 11.8 Å². The number of H-pyrrole nitrogens is 3. The number of nitrogens with zero attached hydrogens (tertiary/aromatic N) is 6. The molecule has 4 fully saturated rings. The number of hydrogen-bond acceptors (Lipinski definition) is 22. The van der Waals surface area contributed by atoms with Gasteiger partial charge < -0.3 is 119 Å². The number of nitrogens with two attached hydrogens (primary N) is 2. The minimum Gasteiger partial charge on any atom is -0.508 e. The van der Waals surface area contributed by atoms with Crippen molar-refractivity contribution in [2.45, 2.75) is 266 Å². The molecule has 43 heteroatoms. The second kappa shape index (κ2) is 51.8. The van der Waals surface area contributed by atoms with Crippen molar-refractivity contribution in [2.75, 3.05) is 58.8 Å². The number of rotatable bonds is 27. The number of amides is 16. The van der Waals surface area contributed by atoms with Crippen molar-refractivity contribution in [3.8, 4) is 5.75 Å². The Morgan fingerprint density at radius 2 is 1.06 bits per heavy atom. The highest BCUT2D eigenvalue weighted by Crippen LogP contribution is 2.39. The monoisotopic (exact) mass is 1950 g/mol. The van der Waals surface area contributed by atoms with Crippen LogP contribution in [0, 0.1) is 11.8 Å². The van der Waals surface area contributed by atoms with Gasteiger partial charge in [-0.3, -0.25) is 86.3 Å². The van der Waals surface area contributed by atoms with Crippen LogP contribution in [0.15, 0.2) is 97.7 Å². The topological polar surface area (TPSA) is 617 Å². The maximum atomic E-state index is 15.9. The Kier molecular flexibility index (Phi) is 40.1. The highest BCUT2D eigenvalue weighted by molar-refractivity contribution is 8.00. The second-order valence-electron chi connectivity index (χ2n) is 36.5. The number of carboxylic acid groups (broad SMARTS) is 2. The van der Waals surface area contributed by atoms with Gasteiger partial charge in [0.05, 0.1) is 30.7 Å². The number of para-hydroxylation sites is 2. The fourth-order valence-electron chi connectivity index (χ4n) is 18.5. The number of aromatic amines is 3. The maximum absolute atomic E-state index is 15.9. The van der Waals surface area contributed by atoms with Crippen molar-refractivity contribution >= 4 is 140 Å². The standard InChI is InChI=1S/C96H133N21O21S/c1-8-10-29-75-89(131)104-54(3)83(125)112-74(85(127)102-49-79(98)119)51-139-52-80(120)105-71(40-56-32-34-62(118)35-33-56)92(134)113(5)55(4)84(126)110-73(45-82(123)124)95(137)116-39-21-31-76(116)90(132)109-70(44-61-48-99-53-103-61)88(130)107-68(36-37-81(121)122)94(136)117-50-60(57-22-13-12-14-23-57)43-78(117)91(133)108-69(41-58-46-100-65-26-17-15-24-63(58)65)87(129)106-67(28-19-20-38-97)86(128)111-72(42-59-47-101-66-27-18-16-25-64(59)66)93(135)115(7)77(30-11-9-2)96(138)114(75)6/h15-18,24-27,32-35,46-48,53-55,57,60,67-78,100-101,118H,8-14,19-23,28-31,36-45,49-52,97H2,1-7H3,(H2,98,119)(H,99,103)(H,102,127)(H,104,131)(H,105,120)(H,106,129)(H,107,130)(H,108,133)(H,109,132)(H,110,126)(H,111,128)(H,112,125)(H,121,122)(H,123,124)/t54-,55-,60+,67-,68-,69-,70-,71-,72-,73-,74-,75-,76-,77-,78-/m0/s1. The Bertz CT molecular complexity index is 5340. The van der Waals surface area contributed by atoms with E-state index in [2.05, 4.69) is 73.1 Å². The predicted molar refractivity (Wildman–Crippen MR) is 512 cm³/mol. The van der Waals surface area contributed by atoms with Gasteiger partial charge in [0.25, 0.3) is 0 Å². The molecule has 6 aromatic rings. The Hall–Kier alpha value is -13.5. The molecule has 1 saturated carbocycles. The van der Waals surface area contributed by atoms with E-state index < -0.39 is 228 Å². The molecule has 42 nitrogen and oxygen atoms in total. The number of imidazole rings is 1. The lowest BCUT2D eigenvalue weighted by Crippen LogP contribution is -2.61. The summed E-state index contributed by atoms with van der Waals surface area (Å²) in [6.45, 7) is 5.51. The Balaban J connectivity index is 1.04. The molecule has 3 aromatic heterocycles. The van der Waals surface area contributed by atoms with Crippen molar-refractivity contribution in [1.82, 2.24) is 97.6 Å². The van der Waals surface area contributed by atoms with Crippen LogP contribution in [0.3, 0.4) is 0 Å². The van der Waals surface area contributed by atoms with E-state index in [-0.39, 0.29) is 114 Å². The number of carbonyl (C=O) groups is 18. The summed E-state index contributed by atoms with van der Waals surface area (Å²) >= 11 is 0.775. The summed E-state index contributed by atoms with van der Waals surface area (Å²) in [6, 6.07) is -1.46. The van der Waals surface area contributed by atoms with Crippen LogP contribution in [0.4, 0.5) is 0 Å². The SMILES string of the molecule is CCCC[C@H]1C(=O)N(C)[C@@H](CCCC)C(=O)N[C@@H](C)C(=O)N[C@H](C(=O)NCC(N)=O)CSCC(=O)N[C@@H](Cc2ccc(O)cc2)C(=O)N(C)[C@@H](C)C(=O)N[C@@H](CC(=O)O)C(=O)N2CCC[C@H]2C(=O)N[C@@H](Cc2c[nH]cn2)C(=O)N[C@@H](CCC(=O)O)C(=O)N2C[C@H](C3CCCCC3)C[C@H]2C(=O)N[C@@H](Cc2c[nH]c3ccccc23)C(=O)N[C@@H](CCCCN)C(=O)N[C@@H](Cc2c[nH]c3ccccc23)C(=O)N1C. The van der Waals surface area contributed by atoms with Gasteiger partial charge in [0, 0.05) is 112 Å². The molecule has 139 heavy (non-hydrogen) atoms. The molecule has 0 bridgehead atoms. The molecule has 15 atom stereocenters. The van der Waals surface area contributed by atoms with Gasteiger partial charge in [-0.2, -0.15) is 0 Å². The summed E-state index contributed by atoms with van der Waals surface area (Å²) in [7, 11) is 3.98. The zero-order valence-corrected chi connectivity index (χ0v) is 80.4. The Morgan fingerprint density at radius 1 is 0.504 bits per heavy atom. The van der Waals surface area contributed by atoms with Crippen molar-refractivity contribution in [3.63, 3.8) is 0 Å². The molecular formula is C96H133N21O21S. The third-order valence-corrected chi connectivity index (χ3v) is 27.5. The molecular weight excluding hydrogens is 1820 g/mol. The first kappa shape index (κ1) is 108. The Labute approximate surface area is 809 Å². The minimum absolute atomic E-state index is 0.0177. The molecule has 20 N–H and O–H groups in total. The number of aromatic nitrogens is 4. The number of thioether (sulfide) groups is 1. The molecule has 0 unspecified atom stereocenters. The predicted octanol–water partition coefficient (Wildman–Crippen LogP) is 1.22. The second-order valence-corrected chi connectivity index (χ2v) is 37.5. The number of primary amides is 1. The number of benzene rings is 3. The van der Waals surface area contributed by atoms with Crippen LogP contribution in [0.25, 0.3) is 21.8 Å². The largest absolute Gasteiger partial charge is 0.508 e. The summed E-state index contributed by atoms with van der Waals surface area (Å²) < 4.78 is 0. The zero-order chi connectivity index (χ0) is 101. The highest BCUT2D eigenvalue weighted by atomic mass is 32.2. The first-order chi connectivity index (χ1) is 66.5. The van der Waals surface area contributed by atoms with Gasteiger partial charge in [-0.1, -0.05) is 120 Å². The van der Waals surface area contributed by atoms with E-state index in [9.17, 15) is 63.3 Å². The summed E-state index contributed by atoms with van der Waals surface area (Å²) in [5, 5.41) is 59.1. The molecule has 6 heterocycles. The van der Waals surface area contributed by atoms with Crippen LogP contribution in [-0.4, -0.2) is 310 Å². The summed E-state index contributed by atoms with van der Waals surface area (Å²) in [5.74, 6) is -18.9. The number of phenols is 1. The minimum atomic E-state index is -1.92. The van der Waals surface area contributed by atoms with Gasteiger partial charge in [-0.15, -0.1) is 11.8 Å². The number of unbranched alkanes of at least 4 members (excludes halogenated alkanes) is 3. The van der Waals surface area contributed by atoms with Crippen molar-refractivity contribution in [3.05, 3.63) is 120 Å². The zero-order valence-electron chi connectivity index (χ0n) is 79.6. The molecule has 3 saturated heterocycles. The van der Waals surface area contributed by atoms with Crippen molar-refractivity contribution in [1.29, 1.82) is 0 Å². The number of carbonyl (C=O) groups excluding carboxylic acids is 16. The molecule has 0 spiro atoms. The number of aromatic hydroxyl groups is 1. The van der Waals surface area contributed by atoms with Gasteiger partial charge in [-0.05, 0) is 131 Å². The van der Waals surface area contributed by atoms with Crippen LogP contribution in [-0.2, 0) is 112 Å². The normalized spacial score (nSPS) is 25.2. The number of aliphatic carboxylic acids is 2. The number of phenolic OH excluding ortho intramolecular Hbond substituents is 1. The lowest BCUT2D eigenvalue weighted by atomic mass is 9.79. The van der Waals surface area contributed by atoms with E-state index in [0.29, 0.717) is 70.6 Å². The van der Waals surface area contributed by atoms with Crippen molar-refractivity contribution < 1.29 is 102 Å². The fraction of sp³-hybridized carbons (Fsp3) is 0.552. The first-order valence-electron chi connectivity index (χ1n) is 47.7. The molecule has 16 amide bonds. The Morgan fingerprint density at radius 3 is 1.68 bits per heavy atom. The van der Waals surface area contributed by atoms with E-state index in [1.165, 1.54) is 86.5 Å². The van der Waals surface area contributed by atoms with Gasteiger partial charge in [0.15, 0.2) is 0 Å². The average Bonchev–Trinajstić information content (AvgIpc) is 1.55. The molecule has 4 aliphatic rings. The fourth-order valence-corrected chi connectivity index (χ4v) is 19.4. The van der Waals surface area contributed by atoms with Crippen LogP contribution in [0.1, 0.15) is 178 Å². The van der Waals surface area contributed by atoms with Gasteiger partial charge in [0.2, 0.25) is 94.5 Å². The average molecular weight is 1950 g/mol. The van der Waals surface area contributed by atoms with Gasteiger partial charge in [-0.25, -0.2) is 4.98 Å². The summed E-state index contributed by atoms with van der Waals surface area (Å²) in [5.41, 5.74) is 14.6. The van der Waals surface area contributed by atoms with E-state index in [1.807, 2.05) is 44.2 Å². The highest BCUT2D eigenvalue weighted by Gasteiger charge is 2.48. The number of carboxylic acids is 2. The van der Waals surface area contributed by atoms with Crippen LogP contribution < -0.4 is 64.6 Å². The maximum Gasteiger partial charge on any atom is 0.305 e. The van der Waals surface area contributed by atoms with Crippen molar-refractivity contribution in [2.24, 2.45) is 23.3 Å². The lowest BCUT2D eigenvalue weighted by molar-refractivity contribution is -0.149. The molecule has 754 valence electrons. The van der Waals surface area contributed by atoms with E-state index >= 15 is 38.4 Å². The lowest BCUT2D eigenvalue weighted by Gasteiger charge is -2.36. The van der Waals surface area contributed by atoms with E-state index in [4.69, 9.17) is 11.5 Å². The number of nitrogens with one attached hydrogen (secondary N) is 13. The summed E-state index contributed by atoms with van der Waals surface area (Å²) in [4.78, 5) is 284. The molecule has 1 aliphatic carbocycles. The third kappa shape index (κ3) is 29.8. The number of likely N-dealkylation sites (N-methyl/N-ethyl adjacent to an activating group) is 3. The third-order valence-electron chi connectivity index (χ3n) is 26.5. The van der Waals surface area contributed by atoms with E-state index in [0.717, 1.165) is 53.7 Å². The molecule has 10 rings (SSSR count). The van der Waals surface area contributed by atoms with Crippen LogP contribution in [0.2, 0.25) is 0 Å². The van der Waals surface area contributed by atoms with Crippen LogP contribution in [0.5, 0.6) is 5.75 Å². The first-order valence-corrected chi connectivity index (χ1v) is 48.9. The van der Waals surface area contributed by atoms with Gasteiger partial charge >= 0.3 is 11.9 Å². The molecule has 0 radical (unpaired) electrons. The number of hydrogen-bond donors (Lipinski definition) is 18. The quantitative estimate of drug-likeness (QED) is 0.0322. The van der Waals surface area contributed by atoms with Gasteiger partial charge in [0.1, 0.15) is 90.3 Å². The smallest absolute Gasteiger partial charge is 0.305 e. The molecule has 3 aromatic carbocycles. The number of fused-ring (bicyclic) bond motifs is 4. The molecule has 3 aliphatic heterocycles.